The number of rotatable bonds is 6. The van der Waals surface area contributed by atoms with E-state index < -0.39 is 10.0 Å². The number of anilines is 2. The molecule has 4 rings (SSSR count). The Labute approximate surface area is 196 Å². The number of ether oxygens (including phenoxy) is 1. The fraction of sp³-hybridized carbons (Fsp3) is 0.458. The maximum absolute atomic E-state index is 12.8. The van der Waals surface area contributed by atoms with Gasteiger partial charge in [-0.3, -0.25) is 4.79 Å². The molecule has 2 aliphatic heterocycles. The van der Waals surface area contributed by atoms with Crippen LogP contribution in [0.5, 0.6) is 0 Å². The summed E-state index contributed by atoms with van der Waals surface area (Å²) in [5.74, 6) is -0.269. The van der Waals surface area contributed by atoms with Crippen LogP contribution in [0.2, 0.25) is 0 Å². The third-order valence-electron chi connectivity index (χ3n) is 6.34. The summed E-state index contributed by atoms with van der Waals surface area (Å²) >= 11 is 0. The van der Waals surface area contributed by atoms with Gasteiger partial charge in [0.05, 0.1) is 18.1 Å². The van der Waals surface area contributed by atoms with Crippen molar-refractivity contribution in [3.05, 3.63) is 53.6 Å². The summed E-state index contributed by atoms with van der Waals surface area (Å²) in [6, 6.07) is 12.0. The number of likely N-dealkylation sites (N-methyl/N-ethyl adjacent to an activating group) is 1. The quantitative estimate of drug-likeness (QED) is 0.695. The Kier molecular flexibility index (Phi) is 7.33. The number of hydrogen-bond donors (Lipinski definition) is 1. The van der Waals surface area contributed by atoms with Crippen molar-refractivity contribution in [2.75, 3.05) is 69.2 Å². The van der Waals surface area contributed by atoms with E-state index >= 15 is 0 Å². The van der Waals surface area contributed by atoms with Crippen LogP contribution in [-0.4, -0.2) is 82.6 Å². The number of carbonyl (C=O) groups excluding carboxylic acids is 1. The number of hydrogen-bond acceptors (Lipinski definition) is 6. The minimum atomic E-state index is -3.58. The summed E-state index contributed by atoms with van der Waals surface area (Å²) < 4.78 is 32.2. The van der Waals surface area contributed by atoms with Crippen LogP contribution in [0.25, 0.3) is 0 Å². The number of piperazine rings is 1. The first kappa shape index (κ1) is 23.7. The lowest BCUT2D eigenvalue weighted by Crippen LogP contribution is -2.46. The van der Waals surface area contributed by atoms with E-state index in [0.29, 0.717) is 31.9 Å². The number of morpholine rings is 1. The molecule has 2 saturated heterocycles. The maximum atomic E-state index is 12.8. The number of benzene rings is 2. The van der Waals surface area contributed by atoms with E-state index in [2.05, 4.69) is 35.0 Å². The van der Waals surface area contributed by atoms with Gasteiger partial charge < -0.3 is 19.9 Å². The fourth-order valence-electron chi connectivity index (χ4n) is 4.31. The van der Waals surface area contributed by atoms with E-state index in [-0.39, 0.29) is 10.8 Å². The standard InChI is InChI=1S/C24H32N4O4S/c1-3-26-10-12-27(13-11-26)23-9-6-21(18-19(23)2)25-24(29)20-4-7-22(8-5-20)33(30,31)28-14-16-32-17-15-28/h4-9,18H,3,10-17H2,1-2H3,(H,25,29). The molecule has 0 unspecified atom stereocenters. The zero-order valence-corrected chi connectivity index (χ0v) is 20.1. The maximum Gasteiger partial charge on any atom is 0.255 e. The van der Waals surface area contributed by atoms with Crippen LogP contribution >= 0.6 is 0 Å². The molecule has 9 heteroatoms. The van der Waals surface area contributed by atoms with Gasteiger partial charge in [-0.1, -0.05) is 6.92 Å². The normalized spacial score (nSPS) is 18.3. The molecule has 2 aromatic carbocycles. The molecule has 2 fully saturated rings. The first-order valence-corrected chi connectivity index (χ1v) is 12.9. The summed E-state index contributed by atoms with van der Waals surface area (Å²) in [6.07, 6.45) is 0. The van der Waals surface area contributed by atoms with E-state index in [4.69, 9.17) is 4.74 Å². The lowest BCUT2D eigenvalue weighted by atomic mass is 10.1. The number of amides is 1. The summed E-state index contributed by atoms with van der Waals surface area (Å²) in [5, 5.41) is 2.92. The predicted molar refractivity (Wildman–Crippen MR) is 129 cm³/mol. The van der Waals surface area contributed by atoms with Gasteiger partial charge >= 0.3 is 0 Å². The summed E-state index contributed by atoms with van der Waals surface area (Å²) in [6.45, 7) is 10.9. The number of sulfonamides is 1. The van der Waals surface area contributed by atoms with Crippen molar-refractivity contribution in [2.24, 2.45) is 0 Å². The Morgan fingerprint density at radius 3 is 2.24 bits per heavy atom. The molecule has 1 N–H and O–H groups in total. The molecule has 178 valence electrons. The first-order chi connectivity index (χ1) is 15.9. The molecule has 8 nitrogen and oxygen atoms in total. The smallest absolute Gasteiger partial charge is 0.255 e. The van der Waals surface area contributed by atoms with Crippen molar-refractivity contribution in [3.8, 4) is 0 Å². The van der Waals surface area contributed by atoms with Crippen molar-refractivity contribution < 1.29 is 17.9 Å². The Morgan fingerprint density at radius 2 is 1.64 bits per heavy atom. The highest BCUT2D eigenvalue weighted by Gasteiger charge is 2.26. The van der Waals surface area contributed by atoms with E-state index in [1.807, 2.05) is 12.1 Å². The Hall–Kier alpha value is -2.46. The topological polar surface area (TPSA) is 82.2 Å². The third kappa shape index (κ3) is 5.38. The molecule has 2 aliphatic rings. The van der Waals surface area contributed by atoms with E-state index in [9.17, 15) is 13.2 Å². The molecule has 2 heterocycles. The van der Waals surface area contributed by atoms with Gasteiger partial charge in [0, 0.05) is 56.2 Å². The number of carbonyl (C=O) groups is 1. The number of nitrogens with zero attached hydrogens (tertiary/aromatic N) is 3. The van der Waals surface area contributed by atoms with Crippen molar-refractivity contribution in [3.63, 3.8) is 0 Å². The molecule has 1 amide bonds. The Balaban J connectivity index is 1.40. The van der Waals surface area contributed by atoms with Gasteiger partial charge in [-0.2, -0.15) is 4.31 Å². The molecule has 0 atom stereocenters. The molecule has 0 saturated carbocycles. The molecule has 2 aromatic rings. The average molecular weight is 473 g/mol. The molecule has 0 spiro atoms. The zero-order chi connectivity index (χ0) is 23.4. The lowest BCUT2D eigenvalue weighted by molar-refractivity contribution is 0.0730. The van der Waals surface area contributed by atoms with Gasteiger partial charge in [-0.15, -0.1) is 0 Å². The highest BCUT2D eigenvalue weighted by Crippen LogP contribution is 2.25. The molecular weight excluding hydrogens is 440 g/mol. The van der Waals surface area contributed by atoms with Crippen LogP contribution in [-0.2, 0) is 14.8 Å². The number of aryl methyl sites for hydroxylation is 1. The van der Waals surface area contributed by atoms with Gasteiger partial charge in [0.25, 0.3) is 5.91 Å². The van der Waals surface area contributed by atoms with Crippen molar-refractivity contribution >= 4 is 27.3 Å². The second kappa shape index (κ2) is 10.2. The van der Waals surface area contributed by atoms with Gasteiger partial charge in [-0.05, 0) is 61.5 Å². The van der Waals surface area contributed by atoms with Crippen LogP contribution in [0.4, 0.5) is 11.4 Å². The Morgan fingerprint density at radius 1 is 0.970 bits per heavy atom. The second-order valence-electron chi connectivity index (χ2n) is 8.42. The lowest BCUT2D eigenvalue weighted by Gasteiger charge is -2.36. The highest BCUT2D eigenvalue weighted by atomic mass is 32.2. The average Bonchev–Trinajstić information content (AvgIpc) is 2.85. The number of nitrogens with one attached hydrogen (secondary N) is 1. The van der Waals surface area contributed by atoms with Crippen molar-refractivity contribution in [1.29, 1.82) is 0 Å². The van der Waals surface area contributed by atoms with Crippen LogP contribution in [0.3, 0.4) is 0 Å². The van der Waals surface area contributed by atoms with E-state index in [1.54, 1.807) is 12.1 Å². The van der Waals surface area contributed by atoms with Crippen molar-refractivity contribution in [2.45, 2.75) is 18.7 Å². The summed E-state index contributed by atoms with van der Waals surface area (Å²) in [5.41, 5.74) is 3.44. The molecule has 0 aliphatic carbocycles. The van der Waals surface area contributed by atoms with Gasteiger partial charge in [0.2, 0.25) is 10.0 Å². The van der Waals surface area contributed by atoms with Gasteiger partial charge in [0.15, 0.2) is 0 Å². The van der Waals surface area contributed by atoms with Gasteiger partial charge in [-0.25, -0.2) is 8.42 Å². The zero-order valence-electron chi connectivity index (χ0n) is 19.3. The first-order valence-electron chi connectivity index (χ1n) is 11.5. The van der Waals surface area contributed by atoms with E-state index in [0.717, 1.165) is 44.0 Å². The monoisotopic (exact) mass is 472 g/mol. The third-order valence-corrected chi connectivity index (χ3v) is 8.25. The second-order valence-corrected chi connectivity index (χ2v) is 10.4. The van der Waals surface area contributed by atoms with Crippen LogP contribution in [0, 0.1) is 6.92 Å². The predicted octanol–water partition coefficient (Wildman–Crippen LogP) is 2.41. The van der Waals surface area contributed by atoms with Crippen LogP contribution in [0.1, 0.15) is 22.8 Å². The largest absolute Gasteiger partial charge is 0.379 e. The minimum absolute atomic E-state index is 0.185. The van der Waals surface area contributed by atoms with Crippen molar-refractivity contribution in [1.82, 2.24) is 9.21 Å². The molecule has 0 bridgehead atoms. The fourth-order valence-corrected chi connectivity index (χ4v) is 5.72. The van der Waals surface area contributed by atoms with E-state index in [1.165, 1.54) is 22.1 Å². The minimum Gasteiger partial charge on any atom is -0.379 e. The van der Waals surface area contributed by atoms with Crippen LogP contribution < -0.4 is 10.2 Å². The molecular formula is C24H32N4O4S. The Bertz CT molecular complexity index is 1070. The summed E-state index contributed by atoms with van der Waals surface area (Å²) in [4.78, 5) is 17.8. The SMILES string of the molecule is CCN1CCN(c2ccc(NC(=O)c3ccc(S(=O)(=O)N4CCOCC4)cc3)cc2C)CC1. The van der Waals surface area contributed by atoms with Gasteiger partial charge in [0.1, 0.15) is 0 Å². The molecule has 33 heavy (non-hydrogen) atoms. The molecule has 0 radical (unpaired) electrons. The van der Waals surface area contributed by atoms with Crippen LogP contribution in [0.15, 0.2) is 47.4 Å². The highest BCUT2D eigenvalue weighted by molar-refractivity contribution is 7.89. The summed E-state index contributed by atoms with van der Waals surface area (Å²) in [7, 11) is -3.58. The molecule has 0 aromatic heterocycles.